The van der Waals surface area contributed by atoms with Crippen LogP contribution in [-0.4, -0.2) is 37.9 Å². The van der Waals surface area contributed by atoms with Gasteiger partial charge < -0.3 is 19.7 Å². The molecule has 0 aliphatic carbocycles. The summed E-state index contributed by atoms with van der Waals surface area (Å²) in [5, 5.41) is 17.9. The number of aromatic nitrogens is 3. The Bertz CT molecular complexity index is 1590. The van der Waals surface area contributed by atoms with Crippen LogP contribution in [-0.2, 0) is 11.2 Å². The number of fused-ring (bicyclic) bond motifs is 1. The fourth-order valence-electron chi connectivity index (χ4n) is 4.34. The molecule has 0 aliphatic heterocycles. The Labute approximate surface area is 231 Å². The number of nitrogens with zero attached hydrogens (tertiary/aromatic N) is 3. The Balaban J connectivity index is 1.28. The number of carbonyl (C=O) groups is 1. The molecule has 0 amide bonds. The first-order valence-electron chi connectivity index (χ1n) is 12.7. The van der Waals surface area contributed by atoms with Gasteiger partial charge in [0, 0.05) is 29.2 Å². The number of carboxylic acid groups (broad SMARTS) is 1. The van der Waals surface area contributed by atoms with Gasteiger partial charge in [0.25, 0.3) is 11.8 Å². The third-order valence-corrected chi connectivity index (χ3v) is 6.81. The highest BCUT2D eigenvalue weighted by Gasteiger charge is 2.18. The van der Waals surface area contributed by atoms with Crippen LogP contribution >= 0.6 is 11.6 Å². The second kappa shape index (κ2) is 11.3. The van der Waals surface area contributed by atoms with Crippen LogP contribution in [0.3, 0.4) is 0 Å². The van der Waals surface area contributed by atoms with Crippen LogP contribution in [0.25, 0.3) is 28.3 Å². The average molecular weight is 545 g/mol. The number of benzene rings is 3. The molecule has 200 valence electrons. The van der Waals surface area contributed by atoms with Gasteiger partial charge in [-0.15, -0.1) is 0 Å². The number of rotatable bonds is 11. The van der Waals surface area contributed by atoms with E-state index in [4.69, 9.17) is 26.0 Å². The second-order valence-corrected chi connectivity index (χ2v) is 10.4. The molecule has 0 bridgehead atoms. The van der Waals surface area contributed by atoms with E-state index in [1.165, 1.54) is 5.56 Å². The Morgan fingerprint density at radius 1 is 1.10 bits per heavy atom. The molecule has 2 aromatic heterocycles. The Morgan fingerprint density at radius 3 is 2.69 bits per heavy atom. The lowest BCUT2D eigenvalue weighted by Crippen LogP contribution is -2.40. The average Bonchev–Trinajstić information content (AvgIpc) is 3.56. The summed E-state index contributed by atoms with van der Waals surface area (Å²) >= 11 is 6.47. The van der Waals surface area contributed by atoms with Gasteiger partial charge in [-0.2, -0.15) is 4.98 Å². The minimum atomic E-state index is -0.794. The molecule has 0 saturated carbocycles. The van der Waals surface area contributed by atoms with Crippen molar-refractivity contribution >= 4 is 28.5 Å². The highest BCUT2D eigenvalue weighted by molar-refractivity contribution is 6.32. The van der Waals surface area contributed by atoms with Crippen LogP contribution in [0.4, 0.5) is 0 Å². The molecule has 2 heterocycles. The lowest BCUT2D eigenvalue weighted by atomic mass is 9.94. The fraction of sp³-hybridized carbons (Fsp3) is 0.233. The minimum absolute atomic E-state index is 0.113. The number of halogens is 1. The van der Waals surface area contributed by atoms with E-state index >= 15 is 0 Å². The molecule has 0 spiro atoms. The SMILES string of the molecule is CC(C)(CCc1ccc2c(ccn2-c2noc(-c3ccc(Oc4ccccc4)c(Cl)c3)n2)c1)NCCC(=O)O. The van der Waals surface area contributed by atoms with E-state index < -0.39 is 5.97 Å². The summed E-state index contributed by atoms with van der Waals surface area (Å²) in [5.74, 6) is 1.23. The summed E-state index contributed by atoms with van der Waals surface area (Å²) in [7, 11) is 0. The van der Waals surface area contributed by atoms with Crippen LogP contribution < -0.4 is 10.1 Å². The van der Waals surface area contributed by atoms with Gasteiger partial charge in [0.15, 0.2) is 0 Å². The smallest absolute Gasteiger partial charge is 0.304 e. The minimum Gasteiger partial charge on any atom is -0.481 e. The van der Waals surface area contributed by atoms with Crippen molar-refractivity contribution in [1.29, 1.82) is 0 Å². The van der Waals surface area contributed by atoms with E-state index in [1.807, 2.05) is 53.2 Å². The summed E-state index contributed by atoms with van der Waals surface area (Å²) in [6.07, 6.45) is 3.78. The first-order valence-corrected chi connectivity index (χ1v) is 13.1. The molecule has 8 nitrogen and oxygen atoms in total. The molecule has 0 aliphatic rings. The van der Waals surface area contributed by atoms with Crippen LogP contribution in [0.1, 0.15) is 32.3 Å². The molecule has 39 heavy (non-hydrogen) atoms. The number of para-hydroxylation sites is 1. The first-order chi connectivity index (χ1) is 18.8. The van der Waals surface area contributed by atoms with E-state index in [1.54, 1.807) is 12.1 Å². The molecule has 5 rings (SSSR count). The lowest BCUT2D eigenvalue weighted by molar-refractivity contribution is -0.136. The van der Waals surface area contributed by atoms with Crippen LogP contribution in [0.5, 0.6) is 11.5 Å². The van der Waals surface area contributed by atoms with Crippen molar-refractivity contribution in [3.8, 4) is 28.9 Å². The fourth-order valence-corrected chi connectivity index (χ4v) is 4.56. The van der Waals surface area contributed by atoms with Gasteiger partial charge >= 0.3 is 5.97 Å². The van der Waals surface area contributed by atoms with E-state index in [2.05, 4.69) is 47.5 Å². The third-order valence-electron chi connectivity index (χ3n) is 6.52. The van der Waals surface area contributed by atoms with E-state index in [-0.39, 0.29) is 12.0 Å². The number of nitrogens with one attached hydrogen (secondary N) is 1. The third kappa shape index (κ3) is 6.47. The van der Waals surface area contributed by atoms with Crippen molar-refractivity contribution in [3.05, 3.63) is 89.6 Å². The number of ether oxygens (including phenoxy) is 1. The maximum atomic E-state index is 10.8. The second-order valence-electron chi connectivity index (χ2n) is 9.99. The number of carboxylic acids is 1. The quantitative estimate of drug-likeness (QED) is 0.186. The maximum absolute atomic E-state index is 10.8. The summed E-state index contributed by atoms with van der Waals surface area (Å²) in [5.41, 5.74) is 2.70. The summed E-state index contributed by atoms with van der Waals surface area (Å²) < 4.78 is 13.3. The molecule has 0 radical (unpaired) electrons. The predicted octanol–water partition coefficient (Wildman–Crippen LogP) is 6.90. The molecule has 0 fully saturated rings. The number of hydrogen-bond donors (Lipinski definition) is 2. The predicted molar refractivity (Wildman–Crippen MR) is 151 cm³/mol. The van der Waals surface area contributed by atoms with Gasteiger partial charge in [-0.25, -0.2) is 0 Å². The van der Waals surface area contributed by atoms with Crippen molar-refractivity contribution in [2.24, 2.45) is 0 Å². The maximum Gasteiger partial charge on any atom is 0.304 e. The molecule has 3 aromatic carbocycles. The van der Waals surface area contributed by atoms with Crippen LogP contribution in [0, 0.1) is 0 Å². The molecular weight excluding hydrogens is 516 g/mol. The Kier molecular flexibility index (Phi) is 7.67. The molecule has 0 atom stereocenters. The molecule has 9 heteroatoms. The zero-order chi connectivity index (χ0) is 27.4. The zero-order valence-corrected chi connectivity index (χ0v) is 22.5. The monoisotopic (exact) mass is 544 g/mol. The van der Waals surface area contributed by atoms with E-state index in [0.29, 0.717) is 40.5 Å². The lowest BCUT2D eigenvalue weighted by Gasteiger charge is -2.26. The van der Waals surface area contributed by atoms with Gasteiger partial charge in [-0.3, -0.25) is 9.36 Å². The molecule has 0 saturated heterocycles. The van der Waals surface area contributed by atoms with E-state index in [0.717, 1.165) is 23.7 Å². The van der Waals surface area contributed by atoms with Gasteiger partial charge in [0.1, 0.15) is 11.5 Å². The Hall–Kier alpha value is -4.14. The highest BCUT2D eigenvalue weighted by Crippen LogP contribution is 2.33. The zero-order valence-electron chi connectivity index (χ0n) is 21.7. The normalized spacial score (nSPS) is 11.7. The molecule has 5 aromatic rings. The van der Waals surface area contributed by atoms with Crippen molar-refractivity contribution < 1.29 is 19.2 Å². The Morgan fingerprint density at radius 2 is 1.92 bits per heavy atom. The number of hydrogen-bond acceptors (Lipinski definition) is 6. The van der Waals surface area contributed by atoms with Crippen molar-refractivity contribution in [1.82, 2.24) is 20.0 Å². The van der Waals surface area contributed by atoms with Crippen molar-refractivity contribution in [2.45, 2.75) is 38.6 Å². The van der Waals surface area contributed by atoms with Gasteiger partial charge in [0.2, 0.25) is 0 Å². The van der Waals surface area contributed by atoms with Crippen LogP contribution in [0.2, 0.25) is 5.02 Å². The largest absolute Gasteiger partial charge is 0.481 e. The molecular formula is C30H29ClN4O4. The topological polar surface area (TPSA) is 102 Å². The first kappa shape index (κ1) is 26.5. The summed E-state index contributed by atoms with van der Waals surface area (Å²) in [6, 6.07) is 23.1. The highest BCUT2D eigenvalue weighted by atomic mass is 35.5. The van der Waals surface area contributed by atoms with Gasteiger partial charge in [0.05, 0.1) is 17.0 Å². The van der Waals surface area contributed by atoms with Crippen molar-refractivity contribution in [2.75, 3.05) is 6.54 Å². The number of aliphatic carboxylic acids is 1. The number of aryl methyl sites for hydroxylation is 1. The molecule has 2 N–H and O–H groups in total. The summed E-state index contributed by atoms with van der Waals surface area (Å²) in [6.45, 7) is 4.64. The van der Waals surface area contributed by atoms with Crippen molar-refractivity contribution in [3.63, 3.8) is 0 Å². The summed E-state index contributed by atoms with van der Waals surface area (Å²) in [4.78, 5) is 15.4. The standard InChI is InChI=1S/C30H29ClN4O4/c1-30(2,32-16-13-27(36)37)15-12-20-8-10-25-21(18-20)14-17-35(25)29-33-28(39-34-29)22-9-11-26(24(31)19-22)38-23-6-4-3-5-7-23/h3-11,14,17-19,32H,12-13,15-16H2,1-2H3,(H,36,37). The van der Waals surface area contributed by atoms with E-state index in [9.17, 15) is 4.79 Å². The van der Waals surface area contributed by atoms with Crippen LogP contribution in [0.15, 0.2) is 83.5 Å². The van der Waals surface area contributed by atoms with Gasteiger partial charge in [-0.1, -0.05) is 35.9 Å². The molecule has 0 unspecified atom stereocenters. The van der Waals surface area contributed by atoms with Gasteiger partial charge in [-0.05, 0) is 85.9 Å².